The van der Waals surface area contributed by atoms with Gasteiger partial charge in [-0.2, -0.15) is 0 Å². The molecule has 2 saturated carbocycles. The van der Waals surface area contributed by atoms with E-state index in [-0.39, 0.29) is 0 Å². The summed E-state index contributed by atoms with van der Waals surface area (Å²) in [5, 5.41) is 0. The molecule has 0 heterocycles. The van der Waals surface area contributed by atoms with Crippen LogP contribution in [-0.2, 0) is 12.8 Å². The van der Waals surface area contributed by atoms with Crippen molar-refractivity contribution in [2.45, 2.75) is 32.1 Å². The minimum atomic E-state index is 0.949. The van der Waals surface area contributed by atoms with E-state index in [0.717, 1.165) is 23.7 Å². The average Bonchev–Trinajstić information content (AvgIpc) is 3.09. The van der Waals surface area contributed by atoms with Gasteiger partial charge in [0.15, 0.2) is 0 Å². The summed E-state index contributed by atoms with van der Waals surface area (Å²) in [6, 6.07) is 22.2. The number of rotatable bonds is 4. The fourth-order valence-electron chi connectivity index (χ4n) is 4.85. The second kappa shape index (κ2) is 5.67. The van der Waals surface area contributed by atoms with Crippen LogP contribution in [0.1, 0.15) is 30.4 Å². The number of hydrogen-bond donors (Lipinski definition) is 0. The maximum absolute atomic E-state index is 2.30. The van der Waals surface area contributed by atoms with E-state index in [4.69, 9.17) is 0 Å². The van der Waals surface area contributed by atoms with Gasteiger partial charge in [0, 0.05) is 0 Å². The number of fused-ring (bicyclic) bond motifs is 2. The first-order valence-corrected chi connectivity index (χ1v) is 8.46. The lowest BCUT2D eigenvalue weighted by Gasteiger charge is -2.28. The van der Waals surface area contributed by atoms with Crippen molar-refractivity contribution in [1.29, 1.82) is 0 Å². The van der Waals surface area contributed by atoms with E-state index in [9.17, 15) is 0 Å². The summed E-state index contributed by atoms with van der Waals surface area (Å²) in [5.41, 5.74) is 3.07. The summed E-state index contributed by atoms with van der Waals surface area (Å²) in [5.74, 6) is 3.88. The standard InChI is InChI=1S/C21H24/c1-3-7-16(8-4-1)11-18-13-21-15-20(18)14-19(21)12-17-9-5-2-6-10-17/h1-10,18-21H,11-15H2/t18?,19?,20-,21-/m1/s1. The Morgan fingerprint density at radius 2 is 1.00 bits per heavy atom. The Bertz CT molecular complexity index is 518. The van der Waals surface area contributed by atoms with Crippen molar-refractivity contribution in [3.8, 4) is 0 Å². The molecule has 0 heteroatoms. The number of benzene rings is 2. The molecular formula is C21H24. The highest BCUT2D eigenvalue weighted by Gasteiger charge is 2.45. The molecule has 0 nitrogen and oxygen atoms in total. The van der Waals surface area contributed by atoms with Crippen LogP contribution < -0.4 is 0 Å². The fourth-order valence-corrected chi connectivity index (χ4v) is 4.85. The first-order valence-electron chi connectivity index (χ1n) is 8.46. The molecule has 0 aromatic heterocycles. The van der Waals surface area contributed by atoms with Crippen molar-refractivity contribution in [2.75, 3.05) is 0 Å². The molecule has 2 aromatic rings. The van der Waals surface area contributed by atoms with E-state index < -0.39 is 0 Å². The van der Waals surface area contributed by atoms with Gasteiger partial charge in [0.05, 0.1) is 0 Å². The second-order valence-corrected chi connectivity index (χ2v) is 7.13. The lowest BCUT2D eigenvalue weighted by Crippen LogP contribution is -2.21. The van der Waals surface area contributed by atoms with E-state index >= 15 is 0 Å². The Balaban J connectivity index is 1.37. The normalized spacial score (nSPS) is 30.7. The molecule has 0 N–H and O–H groups in total. The predicted molar refractivity (Wildman–Crippen MR) is 88.1 cm³/mol. The summed E-state index contributed by atoms with van der Waals surface area (Å²) < 4.78 is 0. The molecule has 0 radical (unpaired) electrons. The zero-order chi connectivity index (χ0) is 14.1. The molecule has 2 aliphatic carbocycles. The van der Waals surface area contributed by atoms with Crippen LogP contribution in [0, 0.1) is 23.7 Å². The molecule has 0 spiro atoms. The van der Waals surface area contributed by atoms with E-state index in [1.54, 1.807) is 0 Å². The monoisotopic (exact) mass is 276 g/mol. The Hall–Kier alpha value is -1.56. The third kappa shape index (κ3) is 2.77. The fraction of sp³-hybridized carbons (Fsp3) is 0.429. The first-order chi connectivity index (χ1) is 10.4. The quantitative estimate of drug-likeness (QED) is 0.726. The van der Waals surface area contributed by atoms with Crippen molar-refractivity contribution in [3.63, 3.8) is 0 Å². The van der Waals surface area contributed by atoms with Gasteiger partial charge in [-0.15, -0.1) is 0 Å². The largest absolute Gasteiger partial charge is 0.0622 e. The Kier molecular flexibility index (Phi) is 3.55. The highest BCUT2D eigenvalue weighted by Crippen LogP contribution is 2.53. The van der Waals surface area contributed by atoms with Crippen LogP contribution in [0.3, 0.4) is 0 Å². The van der Waals surface area contributed by atoms with Crippen molar-refractivity contribution in [2.24, 2.45) is 23.7 Å². The van der Waals surface area contributed by atoms with Gasteiger partial charge in [-0.25, -0.2) is 0 Å². The average molecular weight is 276 g/mol. The van der Waals surface area contributed by atoms with Gasteiger partial charge >= 0.3 is 0 Å². The zero-order valence-corrected chi connectivity index (χ0v) is 12.6. The third-order valence-corrected chi connectivity index (χ3v) is 5.83. The Morgan fingerprint density at radius 3 is 1.38 bits per heavy atom. The van der Waals surface area contributed by atoms with Crippen LogP contribution in [0.2, 0.25) is 0 Å². The minimum absolute atomic E-state index is 0.949. The van der Waals surface area contributed by atoms with Crippen molar-refractivity contribution in [3.05, 3.63) is 71.8 Å². The number of hydrogen-bond acceptors (Lipinski definition) is 0. The van der Waals surface area contributed by atoms with Gasteiger partial charge in [-0.1, -0.05) is 60.7 Å². The SMILES string of the molecule is c1ccc(CC2C[C@@H]3C[C@H]2CC3Cc2ccccc2)cc1. The molecule has 108 valence electrons. The van der Waals surface area contributed by atoms with Gasteiger partial charge in [0.1, 0.15) is 0 Å². The van der Waals surface area contributed by atoms with Gasteiger partial charge in [-0.05, 0) is 66.9 Å². The summed E-state index contributed by atoms with van der Waals surface area (Å²) in [4.78, 5) is 0. The predicted octanol–water partition coefficient (Wildman–Crippen LogP) is 5.13. The van der Waals surface area contributed by atoms with E-state index in [0.29, 0.717) is 0 Å². The van der Waals surface area contributed by atoms with Crippen LogP contribution in [-0.4, -0.2) is 0 Å². The van der Waals surface area contributed by atoms with Gasteiger partial charge in [0.25, 0.3) is 0 Å². The maximum Gasteiger partial charge on any atom is -0.0248 e. The Morgan fingerprint density at radius 1 is 0.571 bits per heavy atom. The van der Waals surface area contributed by atoms with Crippen LogP contribution in [0.15, 0.2) is 60.7 Å². The van der Waals surface area contributed by atoms with Gasteiger partial charge < -0.3 is 0 Å². The minimum Gasteiger partial charge on any atom is -0.0622 e. The molecule has 4 rings (SSSR count). The van der Waals surface area contributed by atoms with Crippen LogP contribution in [0.5, 0.6) is 0 Å². The van der Waals surface area contributed by atoms with Gasteiger partial charge in [-0.3, -0.25) is 0 Å². The molecule has 2 aromatic carbocycles. The molecular weight excluding hydrogens is 252 g/mol. The van der Waals surface area contributed by atoms with E-state index in [1.165, 1.54) is 43.2 Å². The summed E-state index contributed by atoms with van der Waals surface area (Å²) in [6.45, 7) is 0. The molecule has 2 unspecified atom stereocenters. The highest BCUT2D eigenvalue weighted by molar-refractivity contribution is 5.18. The lowest BCUT2D eigenvalue weighted by molar-refractivity contribution is 0.254. The molecule has 0 aliphatic heterocycles. The summed E-state index contributed by atoms with van der Waals surface area (Å²) >= 11 is 0. The molecule has 0 amide bonds. The second-order valence-electron chi connectivity index (χ2n) is 7.13. The lowest BCUT2D eigenvalue weighted by atomic mass is 9.77. The topological polar surface area (TPSA) is 0 Å². The molecule has 4 atom stereocenters. The molecule has 2 bridgehead atoms. The zero-order valence-electron chi connectivity index (χ0n) is 12.6. The van der Waals surface area contributed by atoms with Crippen molar-refractivity contribution >= 4 is 0 Å². The van der Waals surface area contributed by atoms with Crippen molar-refractivity contribution in [1.82, 2.24) is 0 Å². The van der Waals surface area contributed by atoms with Crippen LogP contribution >= 0.6 is 0 Å². The molecule has 2 aliphatic rings. The third-order valence-electron chi connectivity index (χ3n) is 5.83. The summed E-state index contributed by atoms with van der Waals surface area (Å²) in [6.07, 6.45) is 7.04. The maximum atomic E-state index is 2.30. The van der Waals surface area contributed by atoms with Crippen LogP contribution in [0.4, 0.5) is 0 Å². The van der Waals surface area contributed by atoms with E-state index in [2.05, 4.69) is 60.7 Å². The van der Waals surface area contributed by atoms with Gasteiger partial charge in [0.2, 0.25) is 0 Å². The summed E-state index contributed by atoms with van der Waals surface area (Å²) in [7, 11) is 0. The highest BCUT2D eigenvalue weighted by atomic mass is 14.5. The van der Waals surface area contributed by atoms with E-state index in [1.807, 2.05) is 0 Å². The molecule has 21 heavy (non-hydrogen) atoms. The molecule has 0 saturated heterocycles. The van der Waals surface area contributed by atoms with Crippen molar-refractivity contribution < 1.29 is 0 Å². The van der Waals surface area contributed by atoms with Crippen LogP contribution in [0.25, 0.3) is 0 Å². The smallest absolute Gasteiger partial charge is 0.0248 e. The Labute approximate surface area is 128 Å². The first kappa shape index (κ1) is 13.1. The molecule has 2 fully saturated rings.